The molecule has 2 unspecified atom stereocenters. The summed E-state index contributed by atoms with van der Waals surface area (Å²) < 4.78 is 6.41. The molecule has 1 saturated heterocycles. The summed E-state index contributed by atoms with van der Waals surface area (Å²) in [6.45, 7) is 3.69. The number of aliphatic hydroxyl groups is 1. The van der Waals surface area contributed by atoms with E-state index in [-0.39, 0.29) is 19.1 Å². The predicted octanol–water partition coefficient (Wildman–Crippen LogP) is 2.69. The van der Waals surface area contributed by atoms with Crippen LogP contribution < -0.4 is 10.1 Å². The van der Waals surface area contributed by atoms with Gasteiger partial charge >= 0.3 is 6.03 Å². The third-order valence-corrected chi connectivity index (χ3v) is 4.55. The molecule has 2 rings (SSSR count). The topological polar surface area (TPSA) is 78.9 Å². The monoisotopic (exact) mass is 398 g/mol. The molecule has 1 aromatic carbocycles. The molecule has 0 spiro atoms. The molecule has 1 aromatic rings. The van der Waals surface area contributed by atoms with Crippen LogP contribution in [0.25, 0.3) is 0 Å². The van der Waals surface area contributed by atoms with Crippen LogP contribution in [0, 0.1) is 0 Å². The lowest BCUT2D eigenvalue weighted by Crippen LogP contribution is -2.44. The van der Waals surface area contributed by atoms with E-state index in [1.165, 1.54) is 0 Å². The Labute approximate surface area is 150 Å². The summed E-state index contributed by atoms with van der Waals surface area (Å²) in [7, 11) is 0. The minimum absolute atomic E-state index is 0.00433. The van der Waals surface area contributed by atoms with Gasteiger partial charge < -0.3 is 15.2 Å². The van der Waals surface area contributed by atoms with E-state index in [9.17, 15) is 14.7 Å². The van der Waals surface area contributed by atoms with Gasteiger partial charge in [0, 0.05) is 4.47 Å². The number of aliphatic hydroxyl groups excluding tert-OH is 1. The van der Waals surface area contributed by atoms with Crippen LogP contribution in [0.5, 0.6) is 5.75 Å². The average molecular weight is 399 g/mol. The van der Waals surface area contributed by atoms with Crippen LogP contribution in [0.1, 0.15) is 33.1 Å². The Balaban J connectivity index is 1.88. The van der Waals surface area contributed by atoms with Crippen LogP contribution >= 0.6 is 15.9 Å². The summed E-state index contributed by atoms with van der Waals surface area (Å²) in [6, 6.07) is 6.75. The number of ether oxygens (including phenoxy) is 1. The smallest absolute Gasteiger partial charge is 0.325 e. The second-order valence-corrected chi connectivity index (χ2v) is 7.12. The first-order valence-corrected chi connectivity index (χ1v) is 8.85. The summed E-state index contributed by atoms with van der Waals surface area (Å²) in [5.41, 5.74) is -0.876. The zero-order chi connectivity index (χ0) is 17.7. The summed E-state index contributed by atoms with van der Waals surface area (Å²) in [5, 5.41) is 12.8. The lowest BCUT2D eigenvalue weighted by Gasteiger charge is -2.22. The number of β-amino-alcohol motifs (C(OH)–C–C–N with tert-alkyl or cyclic N) is 1. The van der Waals surface area contributed by atoms with E-state index in [1.807, 2.05) is 19.1 Å². The van der Waals surface area contributed by atoms with Gasteiger partial charge in [-0.1, -0.05) is 35.7 Å². The SMILES string of the molecule is CCCCC1(C)NC(=O)N(CC(O)COc2ccc(Br)cc2)C1=O. The summed E-state index contributed by atoms with van der Waals surface area (Å²) in [5.74, 6) is 0.325. The summed E-state index contributed by atoms with van der Waals surface area (Å²) in [4.78, 5) is 25.6. The Hall–Kier alpha value is -1.60. The van der Waals surface area contributed by atoms with Gasteiger partial charge in [-0.2, -0.15) is 0 Å². The van der Waals surface area contributed by atoms with Gasteiger partial charge in [0.05, 0.1) is 6.54 Å². The van der Waals surface area contributed by atoms with Crippen molar-refractivity contribution in [2.24, 2.45) is 0 Å². The molecule has 0 radical (unpaired) electrons. The summed E-state index contributed by atoms with van der Waals surface area (Å²) >= 11 is 3.33. The van der Waals surface area contributed by atoms with Gasteiger partial charge in [-0.05, 0) is 37.6 Å². The normalized spacial score (nSPS) is 21.8. The molecule has 1 aliphatic rings. The molecule has 0 bridgehead atoms. The van der Waals surface area contributed by atoms with Crippen LogP contribution in [-0.2, 0) is 4.79 Å². The first-order valence-electron chi connectivity index (χ1n) is 8.06. The quantitative estimate of drug-likeness (QED) is 0.659. The number of benzene rings is 1. The zero-order valence-corrected chi connectivity index (χ0v) is 15.5. The Morgan fingerprint density at radius 2 is 2.00 bits per heavy atom. The molecular formula is C17H23BrN2O4. The van der Waals surface area contributed by atoms with E-state index >= 15 is 0 Å². The molecule has 6 nitrogen and oxygen atoms in total. The van der Waals surface area contributed by atoms with Gasteiger partial charge in [-0.25, -0.2) is 4.79 Å². The van der Waals surface area contributed by atoms with Gasteiger partial charge in [0.25, 0.3) is 5.91 Å². The number of carbonyl (C=O) groups excluding carboxylic acids is 2. The van der Waals surface area contributed by atoms with Gasteiger partial charge in [0.2, 0.25) is 0 Å². The van der Waals surface area contributed by atoms with Crippen molar-refractivity contribution < 1.29 is 19.4 Å². The van der Waals surface area contributed by atoms with Crippen LogP contribution in [0.15, 0.2) is 28.7 Å². The second-order valence-electron chi connectivity index (χ2n) is 6.20. The molecule has 7 heteroatoms. The first kappa shape index (κ1) is 18.7. The van der Waals surface area contributed by atoms with Crippen LogP contribution in [-0.4, -0.2) is 46.7 Å². The molecule has 0 aromatic heterocycles. The van der Waals surface area contributed by atoms with Crippen molar-refractivity contribution in [3.63, 3.8) is 0 Å². The van der Waals surface area contributed by atoms with Crippen molar-refractivity contribution in [1.82, 2.24) is 10.2 Å². The Morgan fingerprint density at radius 1 is 1.33 bits per heavy atom. The number of hydrogen-bond acceptors (Lipinski definition) is 4. The van der Waals surface area contributed by atoms with Gasteiger partial charge in [-0.15, -0.1) is 0 Å². The fraction of sp³-hybridized carbons (Fsp3) is 0.529. The highest BCUT2D eigenvalue weighted by Crippen LogP contribution is 2.23. The highest BCUT2D eigenvalue weighted by molar-refractivity contribution is 9.10. The van der Waals surface area contributed by atoms with E-state index in [0.29, 0.717) is 12.2 Å². The third kappa shape index (κ3) is 4.48. The largest absolute Gasteiger partial charge is 0.491 e. The third-order valence-electron chi connectivity index (χ3n) is 4.02. The molecule has 1 heterocycles. The van der Waals surface area contributed by atoms with Crippen LogP contribution in [0.2, 0.25) is 0 Å². The Morgan fingerprint density at radius 3 is 2.62 bits per heavy atom. The number of carbonyl (C=O) groups is 2. The molecule has 132 valence electrons. The number of nitrogens with zero attached hydrogens (tertiary/aromatic N) is 1. The minimum Gasteiger partial charge on any atom is -0.491 e. The molecular weight excluding hydrogens is 376 g/mol. The number of rotatable bonds is 8. The van der Waals surface area contributed by atoms with Crippen LogP contribution in [0.3, 0.4) is 0 Å². The maximum absolute atomic E-state index is 12.5. The maximum atomic E-state index is 12.5. The fourth-order valence-electron chi connectivity index (χ4n) is 2.60. The van der Waals surface area contributed by atoms with Gasteiger partial charge in [0.15, 0.2) is 0 Å². The minimum atomic E-state index is -0.947. The van der Waals surface area contributed by atoms with E-state index in [2.05, 4.69) is 21.2 Å². The zero-order valence-electron chi connectivity index (χ0n) is 13.9. The van der Waals surface area contributed by atoms with Crippen molar-refractivity contribution in [3.05, 3.63) is 28.7 Å². The van der Waals surface area contributed by atoms with Crippen molar-refractivity contribution in [2.75, 3.05) is 13.2 Å². The van der Waals surface area contributed by atoms with E-state index < -0.39 is 17.7 Å². The van der Waals surface area contributed by atoms with Gasteiger partial charge in [0.1, 0.15) is 24.0 Å². The predicted molar refractivity (Wildman–Crippen MR) is 93.8 cm³/mol. The van der Waals surface area contributed by atoms with E-state index in [1.54, 1.807) is 19.1 Å². The number of amides is 3. The highest BCUT2D eigenvalue weighted by Gasteiger charge is 2.47. The molecule has 1 aliphatic heterocycles. The molecule has 1 fully saturated rings. The number of imide groups is 1. The molecule has 3 amide bonds. The first-order chi connectivity index (χ1) is 11.4. The van der Waals surface area contributed by atoms with Crippen molar-refractivity contribution >= 4 is 27.9 Å². The number of hydrogen-bond donors (Lipinski definition) is 2. The molecule has 0 aliphatic carbocycles. The maximum Gasteiger partial charge on any atom is 0.325 e. The number of halogens is 1. The lowest BCUT2D eigenvalue weighted by atomic mass is 9.95. The van der Waals surface area contributed by atoms with Gasteiger partial charge in [-0.3, -0.25) is 9.69 Å². The van der Waals surface area contributed by atoms with E-state index in [4.69, 9.17) is 4.74 Å². The number of urea groups is 1. The van der Waals surface area contributed by atoms with Crippen molar-refractivity contribution in [3.8, 4) is 5.75 Å². The van der Waals surface area contributed by atoms with Crippen LogP contribution in [0.4, 0.5) is 4.79 Å². The Kier molecular flexibility index (Phi) is 6.23. The molecule has 24 heavy (non-hydrogen) atoms. The number of nitrogens with one attached hydrogen (secondary N) is 1. The average Bonchev–Trinajstić information content (AvgIpc) is 2.76. The second kappa shape index (κ2) is 7.98. The van der Waals surface area contributed by atoms with Crippen molar-refractivity contribution in [1.29, 1.82) is 0 Å². The fourth-order valence-corrected chi connectivity index (χ4v) is 2.86. The Bertz CT molecular complexity index is 593. The van der Waals surface area contributed by atoms with Crippen molar-refractivity contribution in [2.45, 2.75) is 44.8 Å². The standard InChI is InChI=1S/C17H23BrN2O4/c1-3-4-9-17(2)15(22)20(16(23)19-17)10-13(21)11-24-14-7-5-12(18)6-8-14/h5-8,13,21H,3-4,9-11H2,1-2H3,(H,19,23). The lowest BCUT2D eigenvalue weighted by molar-refractivity contribution is -0.132. The number of unbranched alkanes of at least 4 members (excludes halogenated alkanes) is 1. The highest BCUT2D eigenvalue weighted by atomic mass is 79.9. The molecule has 2 atom stereocenters. The molecule has 2 N–H and O–H groups in total. The van der Waals surface area contributed by atoms with E-state index in [0.717, 1.165) is 22.2 Å². The summed E-state index contributed by atoms with van der Waals surface area (Å²) in [6.07, 6.45) is 1.45. The molecule has 0 saturated carbocycles.